The van der Waals surface area contributed by atoms with Crippen LogP contribution >= 0.6 is 0 Å². The molecule has 2 rings (SSSR count). The third kappa shape index (κ3) is 2.73. The fourth-order valence-electron chi connectivity index (χ4n) is 2.22. The summed E-state index contributed by atoms with van der Waals surface area (Å²) in [6.07, 6.45) is 19.7. The van der Waals surface area contributed by atoms with E-state index >= 15 is 0 Å². The van der Waals surface area contributed by atoms with Crippen LogP contribution in [0.25, 0.3) is 0 Å². The van der Waals surface area contributed by atoms with Gasteiger partial charge in [0.1, 0.15) is 14.1 Å². The normalized spacial score (nSPS) is 19.6. The van der Waals surface area contributed by atoms with Crippen molar-refractivity contribution in [1.82, 2.24) is 0 Å². The second-order valence-corrected chi connectivity index (χ2v) is 4.80. The maximum absolute atomic E-state index is 2.31. The smallest absolute Gasteiger partial charge is 0.186 e. The van der Waals surface area contributed by atoms with Gasteiger partial charge in [-0.25, -0.2) is 4.58 Å². The lowest BCUT2D eigenvalue weighted by Crippen LogP contribution is -2.19. The predicted molar refractivity (Wildman–Crippen MR) is 74.4 cm³/mol. The second-order valence-electron chi connectivity index (χ2n) is 4.80. The van der Waals surface area contributed by atoms with Gasteiger partial charge in [0.15, 0.2) is 5.71 Å². The first-order chi connectivity index (χ1) is 8.18. The Morgan fingerprint density at radius 3 is 1.82 bits per heavy atom. The fourth-order valence-corrected chi connectivity index (χ4v) is 2.22. The summed E-state index contributed by atoms with van der Waals surface area (Å²) in [5.41, 5.74) is 2.74. The summed E-state index contributed by atoms with van der Waals surface area (Å²) in [6.45, 7) is 2.20. The van der Waals surface area contributed by atoms with Gasteiger partial charge in [-0.2, -0.15) is 0 Å². The van der Waals surface area contributed by atoms with Gasteiger partial charge in [0, 0.05) is 12.0 Å². The van der Waals surface area contributed by atoms with Gasteiger partial charge in [-0.05, 0) is 6.92 Å². The van der Waals surface area contributed by atoms with Crippen LogP contribution in [0.3, 0.4) is 0 Å². The molecule has 0 bridgehead atoms. The zero-order chi connectivity index (χ0) is 12.3. The summed E-state index contributed by atoms with van der Waals surface area (Å²) in [6, 6.07) is 0. The summed E-state index contributed by atoms with van der Waals surface area (Å²) >= 11 is 0. The maximum Gasteiger partial charge on any atom is 0.186 e. The Kier molecular flexibility index (Phi) is 3.58. The Morgan fingerprint density at radius 1 is 0.882 bits per heavy atom. The molecule has 0 spiro atoms. The van der Waals surface area contributed by atoms with E-state index in [0.717, 1.165) is 0 Å². The molecule has 0 fully saturated rings. The van der Waals surface area contributed by atoms with Crippen LogP contribution in [0, 0.1) is 11.8 Å². The lowest BCUT2D eigenvalue weighted by Gasteiger charge is -2.09. The third-order valence-electron chi connectivity index (χ3n) is 3.26. The van der Waals surface area contributed by atoms with Crippen LogP contribution in [0.5, 0.6) is 0 Å². The van der Waals surface area contributed by atoms with Crippen molar-refractivity contribution in [3.63, 3.8) is 0 Å². The van der Waals surface area contributed by atoms with E-state index < -0.39 is 0 Å². The van der Waals surface area contributed by atoms with Crippen molar-refractivity contribution in [2.24, 2.45) is 11.8 Å². The molecule has 1 nitrogen and oxygen atoms in total. The van der Waals surface area contributed by atoms with Crippen LogP contribution in [-0.2, 0) is 0 Å². The van der Waals surface area contributed by atoms with Crippen LogP contribution in [-0.4, -0.2) is 24.4 Å². The highest BCUT2D eigenvalue weighted by Gasteiger charge is 2.18. The van der Waals surface area contributed by atoms with Crippen LogP contribution < -0.4 is 0 Å². The van der Waals surface area contributed by atoms with E-state index in [0.29, 0.717) is 11.8 Å². The quantitative estimate of drug-likeness (QED) is 0.514. The molecule has 0 aromatic heterocycles. The molecule has 0 unspecified atom stereocenters. The molecular formula is C16H20N+. The van der Waals surface area contributed by atoms with Gasteiger partial charge in [0.25, 0.3) is 0 Å². The van der Waals surface area contributed by atoms with Gasteiger partial charge >= 0.3 is 0 Å². The molecule has 0 aliphatic heterocycles. The first-order valence-electron chi connectivity index (χ1n) is 6.11. The zero-order valence-electron chi connectivity index (χ0n) is 10.8. The van der Waals surface area contributed by atoms with E-state index in [1.54, 1.807) is 0 Å². The molecule has 0 radical (unpaired) electrons. The number of hydrogen-bond acceptors (Lipinski definition) is 0. The van der Waals surface area contributed by atoms with Crippen LogP contribution in [0.1, 0.15) is 6.92 Å². The van der Waals surface area contributed by atoms with Gasteiger partial charge < -0.3 is 0 Å². The van der Waals surface area contributed by atoms with Crippen LogP contribution in [0.4, 0.5) is 0 Å². The van der Waals surface area contributed by atoms with Gasteiger partial charge in [-0.3, -0.25) is 0 Å². The maximum atomic E-state index is 2.31. The molecule has 1 heteroatoms. The Balaban J connectivity index is 2.24. The van der Waals surface area contributed by atoms with Crippen molar-refractivity contribution < 1.29 is 4.58 Å². The molecule has 0 atom stereocenters. The van der Waals surface area contributed by atoms with Crippen LogP contribution in [0.15, 0.2) is 60.3 Å². The summed E-state index contributed by atoms with van der Waals surface area (Å²) in [5.74, 6) is 0.897. The van der Waals surface area contributed by atoms with Crippen molar-refractivity contribution in [2.75, 3.05) is 14.1 Å². The van der Waals surface area contributed by atoms with Crippen molar-refractivity contribution in [2.45, 2.75) is 6.92 Å². The molecule has 0 aromatic carbocycles. The average Bonchev–Trinajstić information content (AvgIpc) is 2.97. The highest BCUT2D eigenvalue weighted by Crippen LogP contribution is 2.20. The van der Waals surface area contributed by atoms with Gasteiger partial charge in [-0.1, -0.05) is 54.2 Å². The molecule has 0 aromatic rings. The number of nitrogens with zero attached hydrogens (tertiary/aromatic N) is 1. The highest BCUT2D eigenvalue weighted by molar-refractivity contribution is 5.96. The first kappa shape index (κ1) is 11.8. The Hall–Kier alpha value is -1.63. The first-order valence-corrected chi connectivity index (χ1v) is 6.11. The van der Waals surface area contributed by atoms with E-state index in [4.69, 9.17) is 0 Å². The molecule has 2 aliphatic rings. The van der Waals surface area contributed by atoms with E-state index in [1.807, 2.05) is 0 Å². The second kappa shape index (κ2) is 5.13. The van der Waals surface area contributed by atoms with E-state index in [1.165, 1.54) is 11.3 Å². The predicted octanol–water partition coefficient (Wildman–Crippen LogP) is 3.13. The van der Waals surface area contributed by atoms with Crippen molar-refractivity contribution in [1.29, 1.82) is 0 Å². The Labute approximate surface area is 104 Å². The van der Waals surface area contributed by atoms with Gasteiger partial charge in [0.2, 0.25) is 0 Å². The summed E-state index contributed by atoms with van der Waals surface area (Å²) < 4.78 is 2.20. The lowest BCUT2D eigenvalue weighted by molar-refractivity contribution is -0.465. The van der Waals surface area contributed by atoms with Crippen molar-refractivity contribution in [3.05, 3.63) is 60.3 Å². The number of hydrogen-bond donors (Lipinski definition) is 0. The summed E-state index contributed by atoms with van der Waals surface area (Å²) in [4.78, 5) is 0. The molecule has 2 aliphatic carbocycles. The molecule has 17 heavy (non-hydrogen) atoms. The average molecular weight is 226 g/mol. The van der Waals surface area contributed by atoms with Crippen molar-refractivity contribution in [3.8, 4) is 0 Å². The highest BCUT2D eigenvalue weighted by atomic mass is 14.9. The molecule has 0 N–H and O–H groups in total. The minimum Gasteiger partial charge on any atom is -0.238 e. The van der Waals surface area contributed by atoms with Crippen LogP contribution in [0.2, 0.25) is 0 Å². The minimum absolute atomic E-state index is 0.425. The SMILES string of the molecule is C/C(=C\C(C1C=CC=C1)=[N+](C)C)C1C=CC=C1. The van der Waals surface area contributed by atoms with E-state index in [2.05, 4.69) is 80.3 Å². The molecule has 0 amide bonds. The summed E-state index contributed by atoms with van der Waals surface area (Å²) in [5, 5.41) is 0. The molecule has 88 valence electrons. The molecular weight excluding hydrogens is 206 g/mol. The fraction of sp³-hybridized carbons (Fsp3) is 0.312. The zero-order valence-corrected chi connectivity index (χ0v) is 10.8. The Morgan fingerprint density at radius 2 is 1.35 bits per heavy atom. The molecule has 0 saturated heterocycles. The standard InChI is InChI=1S/C16H20N/c1-13(14-8-4-5-9-14)12-16(17(2)3)15-10-6-7-11-15/h4-12,14-15H,1-3H3/q+1/b13-12+. The largest absolute Gasteiger partial charge is 0.238 e. The third-order valence-corrected chi connectivity index (χ3v) is 3.26. The Bertz CT molecular complexity index is 442. The lowest BCUT2D eigenvalue weighted by atomic mass is 9.96. The minimum atomic E-state index is 0.425. The van der Waals surface area contributed by atoms with Gasteiger partial charge in [0.05, 0.1) is 5.92 Å². The van der Waals surface area contributed by atoms with Crippen molar-refractivity contribution >= 4 is 5.71 Å². The van der Waals surface area contributed by atoms with Gasteiger partial charge in [-0.15, -0.1) is 0 Å². The number of rotatable bonds is 3. The number of allylic oxidation sites excluding steroid dienone is 10. The molecule has 0 heterocycles. The topological polar surface area (TPSA) is 3.01 Å². The van der Waals surface area contributed by atoms with E-state index in [-0.39, 0.29) is 0 Å². The van der Waals surface area contributed by atoms with E-state index in [9.17, 15) is 0 Å². The monoisotopic (exact) mass is 226 g/mol. The summed E-state index contributed by atoms with van der Waals surface area (Å²) in [7, 11) is 4.22. The molecule has 0 saturated carbocycles.